The van der Waals surface area contributed by atoms with E-state index in [1.807, 2.05) is 4.90 Å². The average Bonchev–Trinajstić information content (AvgIpc) is 3.13. The second kappa shape index (κ2) is 8.16. The van der Waals surface area contributed by atoms with Crippen LogP contribution < -0.4 is 4.90 Å². The highest BCUT2D eigenvalue weighted by atomic mass is 16.3. The van der Waals surface area contributed by atoms with Crippen molar-refractivity contribution in [2.24, 2.45) is 5.41 Å². The van der Waals surface area contributed by atoms with Crippen LogP contribution in [0.1, 0.15) is 64.9 Å². The van der Waals surface area contributed by atoms with Crippen LogP contribution in [0.4, 0.5) is 5.69 Å². The van der Waals surface area contributed by atoms with Crippen molar-refractivity contribution in [1.82, 2.24) is 9.80 Å². The first-order chi connectivity index (χ1) is 14.2. The minimum Gasteiger partial charge on any atom is -0.389 e. The lowest BCUT2D eigenvalue weighted by atomic mass is 9.78. The first-order valence-electron chi connectivity index (χ1n) is 11.8. The van der Waals surface area contributed by atoms with E-state index in [1.165, 1.54) is 11.3 Å². The fourth-order valence-corrected chi connectivity index (χ4v) is 5.45. The first kappa shape index (κ1) is 21.6. The van der Waals surface area contributed by atoms with Gasteiger partial charge in [0.1, 0.15) is 0 Å². The van der Waals surface area contributed by atoms with Gasteiger partial charge >= 0.3 is 0 Å². The maximum Gasteiger partial charge on any atom is 0.225 e. The Kier molecular flexibility index (Phi) is 5.88. The summed E-state index contributed by atoms with van der Waals surface area (Å²) in [6, 6.07) is 9.45. The van der Waals surface area contributed by atoms with Crippen LogP contribution in [0.5, 0.6) is 0 Å². The molecule has 3 aliphatic heterocycles. The van der Waals surface area contributed by atoms with Gasteiger partial charge in [0.2, 0.25) is 5.91 Å². The third kappa shape index (κ3) is 4.38. The summed E-state index contributed by atoms with van der Waals surface area (Å²) in [5.41, 5.74) is 2.10. The Morgan fingerprint density at radius 2 is 1.60 bits per heavy atom. The van der Waals surface area contributed by atoms with Gasteiger partial charge in [0.05, 0.1) is 12.0 Å². The molecule has 166 valence electrons. The molecule has 5 nitrogen and oxygen atoms in total. The van der Waals surface area contributed by atoms with Crippen LogP contribution in [-0.4, -0.2) is 71.7 Å². The van der Waals surface area contributed by atoms with E-state index in [4.69, 9.17) is 0 Å². The molecule has 0 unspecified atom stereocenters. The lowest BCUT2D eigenvalue weighted by Gasteiger charge is -2.49. The normalized spacial score (nSPS) is 23.4. The van der Waals surface area contributed by atoms with Crippen LogP contribution in [-0.2, 0) is 4.79 Å². The van der Waals surface area contributed by atoms with Crippen LogP contribution in [0.15, 0.2) is 24.3 Å². The predicted molar refractivity (Wildman–Crippen MR) is 122 cm³/mol. The highest BCUT2D eigenvalue weighted by Crippen LogP contribution is 2.42. The summed E-state index contributed by atoms with van der Waals surface area (Å²) in [5, 5.41) is 11.0. The molecule has 1 spiro atoms. The van der Waals surface area contributed by atoms with E-state index in [0.717, 1.165) is 45.7 Å². The van der Waals surface area contributed by atoms with Crippen LogP contribution in [0.25, 0.3) is 0 Å². The highest BCUT2D eigenvalue weighted by Gasteiger charge is 2.49. The Hall–Kier alpha value is -1.59. The topological polar surface area (TPSA) is 47.0 Å². The fraction of sp³-hybridized carbons (Fsp3) is 0.720. The molecule has 0 atom stereocenters. The number of carbonyl (C=O) groups is 1. The van der Waals surface area contributed by atoms with E-state index < -0.39 is 5.60 Å². The van der Waals surface area contributed by atoms with Crippen molar-refractivity contribution in [3.63, 3.8) is 0 Å². The molecule has 1 aromatic carbocycles. The molecule has 3 saturated heterocycles. The Labute approximate surface area is 182 Å². The van der Waals surface area contributed by atoms with Crippen LogP contribution in [0.3, 0.4) is 0 Å². The zero-order chi connectivity index (χ0) is 21.5. The van der Waals surface area contributed by atoms with Gasteiger partial charge in [-0.05, 0) is 56.7 Å². The summed E-state index contributed by atoms with van der Waals surface area (Å²) in [6.07, 6.45) is 2.78. The summed E-state index contributed by atoms with van der Waals surface area (Å²) >= 11 is 0. The third-order valence-electron chi connectivity index (χ3n) is 7.71. The Morgan fingerprint density at radius 3 is 2.17 bits per heavy atom. The van der Waals surface area contributed by atoms with Crippen molar-refractivity contribution >= 4 is 11.6 Å². The van der Waals surface area contributed by atoms with E-state index in [0.29, 0.717) is 24.8 Å². The Balaban J connectivity index is 1.27. The second-order valence-corrected chi connectivity index (χ2v) is 10.7. The highest BCUT2D eigenvalue weighted by molar-refractivity contribution is 5.78. The number of anilines is 1. The predicted octanol–water partition coefficient (Wildman–Crippen LogP) is 3.47. The van der Waals surface area contributed by atoms with Crippen molar-refractivity contribution in [2.75, 3.05) is 44.2 Å². The number of nitrogens with zero attached hydrogens (tertiary/aromatic N) is 3. The molecule has 0 bridgehead atoms. The number of piperidine rings is 1. The molecule has 0 radical (unpaired) electrons. The number of rotatable bonds is 5. The molecule has 0 saturated carbocycles. The van der Waals surface area contributed by atoms with E-state index in [1.54, 1.807) is 0 Å². The Morgan fingerprint density at radius 1 is 0.967 bits per heavy atom. The molecule has 3 heterocycles. The first-order valence-corrected chi connectivity index (χ1v) is 11.8. The summed E-state index contributed by atoms with van der Waals surface area (Å²) < 4.78 is 0. The van der Waals surface area contributed by atoms with E-state index in [2.05, 4.69) is 61.8 Å². The maximum atomic E-state index is 13.0. The SMILES string of the molecule is CC(C)c1ccc(N2CC3(CCN(C(=O)CC4(O)CCN(C(C)C)CC4)C3)C2)cc1. The van der Waals surface area contributed by atoms with Crippen LogP contribution in [0, 0.1) is 5.41 Å². The second-order valence-electron chi connectivity index (χ2n) is 10.7. The van der Waals surface area contributed by atoms with Crippen LogP contribution in [0.2, 0.25) is 0 Å². The van der Waals surface area contributed by atoms with Crippen molar-refractivity contribution in [1.29, 1.82) is 0 Å². The molecule has 0 aliphatic carbocycles. The Bertz CT molecular complexity index is 744. The summed E-state index contributed by atoms with van der Waals surface area (Å²) in [5.74, 6) is 0.704. The van der Waals surface area contributed by atoms with Crippen molar-refractivity contribution in [2.45, 2.75) is 70.9 Å². The molecule has 3 fully saturated rings. The quantitative estimate of drug-likeness (QED) is 0.803. The molecule has 4 rings (SSSR count). The van der Waals surface area contributed by atoms with Gasteiger partial charge in [0, 0.05) is 56.4 Å². The van der Waals surface area contributed by atoms with Gasteiger partial charge in [-0.3, -0.25) is 4.79 Å². The van der Waals surface area contributed by atoms with Crippen molar-refractivity contribution in [3.8, 4) is 0 Å². The average molecular weight is 414 g/mol. The molecular weight excluding hydrogens is 374 g/mol. The molecule has 0 aromatic heterocycles. The molecule has 30 heavy (non-hydrogen) atoms. The number of aliphatic hydroxyl groups is 1. The van der Waals surface area contributed by atoms with Gasteiger partial charge in [0.15, 0.2) is 0 Å². The number of benzene rings is 1. The van der Waals surface area contributed by atoms with Gasteiger partial charge < -0.3 is 19.8 Å². The molecule has 1 N–H and O–H groups in total. The molecule has 3 aliphatic rings. The smallest absolute Gasteiger partial charge is 0.225 e. The fourth-order valence-electron chi connectivity index (χ4n) is 5.45. The molecule has 1 aromatic rings. The number of hydrogen-bond donors (Lipinski definition) is 1. The number of likely N-dealkylation sites (tertiary alicyclic amines) is 2. The molecular formula is C25H39N3O2. The summed E-state index contributed by atoms with van der Waals surface area (Å²) in [6.45, 7) is 14.4. The minimum absolute atomic E-state index is 0.145. The molecule has 1 amide bonds. The lowest BCUT2D eigenvalue weighted by Crippen LogP contribution is -2.58. The zero-order valence-electron chi connectivity index (χ0n) is 19.2. The summed E-state index contributed by atoms with van der Waals surface area (Å²) in [7, 11) is 0. The van der Waals surface area contributed by atoms with E-state index in [9.17, 15) is 9.90 Å². The van der Waals surface area contributed by atoms with E-state index >= 15 is 0 Å². The summed E-state index contributed by atoms with van der Waals surface area (Å²) in [4.78, 5) is 19.8. The number of amides is 1. The van der Waals surface area contributed by atoms with Gasteiger partial charge in [-0.2, -0.15) is 0 Å². The monoisotopic (exact) mass is 413 g/mol. The van der Waals surface area contributed by atoms with Gasteiger partial charge in [-0.15, -0.1) is 0 Å². The van der Waals surface area contributed by atoms with Crippen molar-refractivity contribution < 1.29 is 9.90 Å². The van der Waals surface area contributed by atoms with Gasteiger partial charge in [-0.25, -0.2) is 0 Å². The van der Waals surface area contributed by atoms with E-state index in [-0.39, 0.29) is 17.7 Å². The zero-order valence-corrected chi connectivity index (χ0v) is 19.2. The standard InChI is InChI=1S/C25H39N3O2/c1-19(2)21-5-7-22(8-6-21)28-17-24(18-28)9-12-27(16-24)23(29)15-25(30)10-13-26(14-11-25)20(3)4/h5-8,19-20,30H,9-18H2,1-4H3. The third-order valence-corrected chi connectivity index (χ3v) is 7.71. The lowest BCUT2D eigenvalue weighted by molar-refractivity contribution is -0.138. The minimum atomic E-state index is -0.817. The van der Waals surface area contributed by atoms with Crippen molar-refractivity contribution in [3.05, 3.63) is 29.8 Å². The number of hydrogen-bond acceptors (Lipinski definition) is 4. The molecule has 5 heteroatoms. The number of carbonyl (C=O) groups excluding carboxylic acids is 1. The maximum absolute atomic E-state index is 13.0. The van der Waals surface area contributed by atoms with Crippen LogP contribution >= 0.6 is 0 Å². The largest absolute Gasteiger partial charge is 0.389 e. The van der Waals surface area contributed by atoms with Gasteiger partial charge in [-0.1, -0.05) is 26.0 Å². The van der Waals surface area contributed by atoms with Gasteiger partial charge in [0.25, 0.3) is 0 Å².